The molecule has 3 aromatic rings. The van der Waals surface area contributed by atoms with E-state index >= 15 is 0 Å². The number of hydrogen-bond donors (Lipinski definition) is 0. The Balaban J connectivity index is 1.90. The van der Waals surface area contributed by atoms with E-state index in [1.165, 1.54) is 12.8 Å². The van der Waals surface area contributed by atoms with E-state index in [9.17, 15) is 10.1 Å². The molecular formula is C20H20N4O. The van der Waals surface area contributed by atoms with Crippen LogP contribution in [0.5, 0.6) is 0 Å². The third kappa shape index (κ3) is 2.54. The molecule has 0 unspecified atom stereocenters. The monoisotopic (exact) mass is 332 g/mol. The average molecular weight is 332 g/mol. The summed E-state index contributed by atoms with van der Waals surface area (Å²) >= 11 is 0. The van der Waals surface area contributed by atoms with Gasteiger partial charge in [0.05, 0.1) is 22.3 Å². The number of nitrogens with zero attached hydrogens (tertiary/aromatic N) is 4. The van der Waals surface area contributed by atoms with Gasteiger partial charge in [0, 0.05) is 24.8 Å². The summed E-state index contributed by atoms with van der Waals surface area (Å²) in [6.45, 7) is 4.89. The van der Waals surface area contributed by atoms with Crippen LogP contribution in [0.1, 0.15) is 31.0 Å². The van der Waals surface area contributed by atoms with Gasteiger partial charge in [-0.05, 0) is 49.4 Å². The molecule has 0 atom stereocenters. The van der Waals surface area contributed by atoms with Crippen molar-refractivity contribution in [1.82, 2.24) is 14.1 Å². The molecule has 4 rings (SSSR count). The Labute approximate surface area is 146 Å². The molecule has 2 heterocycles. The first kappa shape index (κ1) is 15.6. The zero-order valence-corrected chi connectivity index (χ0v) is 14.7. The van der Waals surface area contributed by atoms with Crippen molar-refractivity contribution in [3.63, 3.8) is 0 Å². The summed E-state index contributed by atoms with van der Waals surface area (Å²) in [7, 11) is 1.80. The molecule has 5 heteroatoms. The Kier molecular flexibility index (Phi) is 3.33. The second-order valence-corrected chi connectivity index (χ2v) is 7.40. The maximum absolute atomic E-state index is 12.7. The van der Waals surface area contributed by atoms with Crippen molar-refractivity contribution in [2.24, 2.45) is 12.5 Å². The number of nitriles is 1. The maximum atomic E-state index is 12.7. The Morgan fingerprint density at radius 1 is 1.24 bits per heavy atom. The van der Waals surface area contributed by atoms with Gasteiger partial charge in [0.2, 0.25) is 0 Å². The van der Waals surface area contributed by atoms with Crippen LogP contribution in [-0.2, 0) is 13.6 Å². The Morgan fingerprint density at radius 3 is 2.68 bits per heavy atom. The molecule has 0 saturated heterocycles. The van der Waals surface area contributed by atoms with E-state index in [4.69, 9.17) is 0 Å². The summed E-state index contributed by atoms with van der Waals surface area (Å²) in [5.41, 5.74) is 5.01. The maximum Gasteiger partial charge on any atom is 0.328 e. The Bertz CT molecular complexity index is 1090. The van der Waals surface area contributed by atoms with Gasteiger partial charge in [-0.1, -0.05) is 13.0 Å². The number of imidazole rings is 1. The van der Waals surface area contributed by atoms with Crippen LogP contribution in [0.2, 0.25) is 0 Å². The van der Waals surface area contributed by atoms with Gasteiger partial charge in [0.25, 0.3) is 0 Å². The number of hydrogen-bond acceptors (Lipinski definition) is 3. The normalized spacial score (nSPS) is 15.3. The van der Waals surface area contributed by atoms with Crippen LogP contribution < -0.4 is 5.69 Å². The molecule has 0 aliphatic heterocycles. The molecule has 0 amide bonds. The standard InChI is InChI=1S/C20H20N4O/c1-13-4-5-15(11-21)18(22-13)14-6-7-16-17(10-14)23(3)19(25)24(16)12-20(2)8-9-20/h4-7,10H,8-9,12H2,1-3H3. The lowest BCUT2D eigenvalue weighted by molar-refractivity contribution is 0.460. The van der Waals surface area contributed by atoms with Crippen molar-refractivity contribution in [3.05, 3.63) is 52.1 Å². The van der Waals surface area contributed by atoms with Crippen molar-refractivity contribution < 1.29 is 0 Å². The molecule has 0 bridgehead atoms. The van der Waals surface area contributed by atoms with Crippen molar-refractivity contribution in [3.8, 4) is 17.3 Å². The van der Waals surface area contributed by atoms with Gasteiger partial charge in [0.15, 0.2) is 0 Å². The fourth-order valence-electron chi connectivity index (χ4n) is 3.33. The second kappa shape index (κ2) is 5.32. The largest absolute Gasteiger partial charge is 0.328 e. The third-order valence-corrected chi connectivity index (χ3v) is 5.22. The first-order chi connectivity index (χ1) is 11.9. The molecule has 5 nitrogen and oxygen atoms in total. The van der Waals surface area contributed by atoms with Gasteiger partial charge in [-0.2, -0.15) is 5.26 Å². The minimum absolute atomic E-state index is 0.0120. The number of benzene rings is 1. The van der Waals surface area contributed by atoms with E-state index < -0.39 is 0 Å². The minimum Gasteiger partial charge on any atom is -0.295 e. The Hall–Kier alpha value is -2.87. The van der Waals surface area contributed by atoms with Gasteiger partial charge in [-0.15, -0.1) is 0 Å². The minimum atomic E-state index is 0.0120. The Morgan fingerprint density at radius 2 is 2.00 bits per heavy atom. The fourth-order valence-corrected chi connectivity index (χ4v) is 3.33. The molecule has 1 aliphatic rings. The number of rotatable bonds is 3. The molecule has 0 radical (unpaired) electrons. The van der Waals surface area contributed by atoms with Crippen molar-refractivity contribution in [2.75, 3.05) is 0 Å². The van der Waals surface area contributed by atoms with E-state index in [0.29, 0.717) is 11.3 Å². The van der Waals surface area contributed by atoms with Crippen LogP contribution in [-0.4, -0.2) is 14.1 Å². The third-order valence-electron chi connectivity index (χ3n) is 5.22. The molecule has 1 aromatic carbocycles. The lowest BCUT2D eigenvalue weighted by atomic mass is 10.0. The first-order valence-electron chi connectivity index (χ1n) is 8.49. The molecule has 1 saturated carbocycles. The number of fused-ring (bicyclic) bond motifs is 1. The predicted molar refractivity (Wildman–Crippen MR) is 97.2 cm³/mol. The summed E-state index contributed by atoms with van der Waals surface area (Å²) in [6.07, 6.45) is 2.35. The highest BCUT2D eigenvalue weighted by Crippen LogP contribution is 2.46. The van der Waals surface area contributed by atoms with Crippen LogP contribution in [0.25, 0.3) is 22.3 Å². The zero-order chi connectivity index (χ0) is 17.8. The first-order valence-corrected chi connectivity index (χ1v) is 8.49. The van der Waals surface area contributed by atoms with E-state index in [1.54, 1.807) is 17.7 Å². The van der Waals surface area contributed by atoms with Crippen LogP contribution >= 0.6 is 0 Å². The summed E-state index contributed by atoms with van der Waals surface area (Å²) in [5, 5.41) is 9.37. The average Bonchev–Trinajstić information content (AvgIpc) is 3.30. The molecular weight excluding hydrogens is 312 g/mol. The SMILES string of the molecule is Cc1ccc(C#N)c(-c2ccc3c(c2)n(C)c(=O)n3CC2(C)CC2)n1. The van der Waals surface area contributed by atoms with Gasteiger partial charge in [0.1, 0.15) is 6.07 Å². The van der Waals surface area contributed by atoms with E-state index in [1.807, 2.05) is 35.8 Å². The predicted octanol–water partition coefficient (Wildman–Crippen LogP) is 3.38. The molecule has 1 aliphatic carbocycles. The number of aryl methyl sites for hydroxylation is 2. The van der Waals surface area contributed by atoms with Gasteiger partial charge < -0.3 is 0 Å². The van der Waals surface area contributed by atoms with Crippen molar-refractivity contribution in [2.45, 2.75) is 33.2 Å². The topological polar surface area (TPSA) is 63.6 Å². The van der Waals surface area contributed by atoms with E-state index in [-0.39, 0.29) is 11.1 Å². The highest BCUT2D eigenvalue weighted by Gasteiger charge is 2.38. The van der Waals surface area contributed by atoms with Crippen LogP contribution in [0.4, 0.5) is 0 Å². The molecule has 1 fully saturated rings. The summed E-state index contributed by atoms with van der Waals surface area (Å²) < 4.78 is 3.56. The van der Waals surface area contributed by atoms with Gasteiger partial charge in [-0.3, -0.25) is 14.1 Å². The van der Waals surface area contributed by atoms with Crippen molar-refractivity contribution >= 4 is 11.0 Å². The summed E-state index contributed by atoms with van der Waals surface area (Å²) in [4.78, 5) is 17.2. The zero-order valence-electron chi connectivity index (χ0n) is 14.7. The molecule has 0 spiro atoms. The smallest absolute Gasteiger partial charge is 0.295 e. The highest BCUT2D eigenvalue weighted by molar-refractivity contribution is 5.83. The lowest BCUT2D eigenvalue weighted by Crippen LogP contribution is -2.25. The van der Waals surface area contributed by atoms with E-state index in [2.05, 4.69) is 18.0 Å². The molecule has 126 valence electrons. The highest BCUT2D eigenvalue weighted by atomic mass is 16.1. The van der Waals surface area contributed by atoms with E-state index in [0.717, 1.165) is 28.8 Å². The van der Waals surface area contributed by atoms with Gasteiger partial charge in [-0.25, -0.2) is 4.79 Å². The fraction of sp³-hybridized carbons (Fsp3) is 0.350. The van der Waals surface area contributed by atoms with Crippen molar-refractivity contribution in [1.29, 1.82) is 5.26 Å². The number of aromatic nitrogens is 3. The summed E-state index contributed by atoms with van der Waals surface area (Å²) in [5.74, 6) is 0. The molecule has 2 aromatic heterocycles. The molecule has 25 heavy (non-hydrogen) atoms. The number of pyridine rings is 1. The van der Waals surface area contributed by atoms with Crippen LogP contribution in [0, 0.1) is 23.7 Å². The summed E-state index contributed by atoms with van der Waals surface area (Å²) in [6, 6.07) is 11.7. The quantitative estimate of drug-likeness (QED) is 0.738. The van der Waals surface area contributed by atoms with Crippen LogP contribution in [0.3, 0.4) is 0 Å². The second-order valence-electron chi connectivity index (χ2n) is 7.40. The molecule has 0 N–H and O–H groups in total. The lowest BCUT2D eigenvalue weighted by Gasteiger charge is -2.10. The van der Waals surface area contributed by atoms with Gasteiger partial charge >= 0.3 is 5.69 Å². The van der Waals surface area contributed by atoms with Crippen LogP contribution in [0.15, 0.2) is 35.1 Å².